The van der Waals surface area contributed by atoms with Crippen LogP contribution in [0.3, 0.4) is 0 Å². The molecule has 0 spiro atoms. The number of nitrogens with one attached hydrogen (secondary N) is 2. The molecule has 2 aromatic rings. The van der Waals surface area contributed by atoms with Crippen LogP contribution in [0.2, 0.25) is 0 Å². The second-order valence-corrected chi connectivity index (χ2v) is 6.61. The average Bonchev–Trinajstić information content (AvgIpc) is 2.69. The van der Waals surface area contributed by atoms with Crippen LogP contribution in [-0.2, 0) is 11.2 Å². The average molecular weight is 386 g/mol. The summed E-state index contributed by atoms with van der Waals surface area (Å²) in [5.41, 5.74) is 0.489. The molecule has 0 saturated carbocycles. The highest BCUT2D eigenvalue weighted by Gasteiger charge is 2.12. The number of nitrogens with zero attached hydrogens (tertiary/aromatic N) is 2. The molecule has 0 bridgehead atoms. The first-order valence-electron chi connectivity index (χ1n) is 9.09. The third-order valence-electron chi connectivity index (χ3n) is 3.85. The van der Waals surface area contributed by atoms with Crippen LogP contribution in [0, 0.1) is 5.92 Å². The number of aromatic nitrogens is 3. The number of aromatic amines is 1. The van der Waals surface area contributed by atoms with Gasteiger partial charge in [-0.1, -0.05) is 26.5 Å². The zero-order chi connectivity index (χ0) is 20.5. The Kier molecular flexibility index (Phi) is 7.74. The van der Waals surface area contributed by atoms with Crippen molar-refractivity contribution in [3.05, 3.63) is 46.9 Å². The van der Waals surface area contributed by atoms with Crippen LogP contribution in [0.4, 0.5) is 0 Å². The number of aryl methyl sites for hydroxylation is 1. The molecular weight excluding hydrogens is 360 g/mol. The van der Waals surface area contributed by atoms with E-state index in [1.807, 2.05) is 13.8 Å². The van der Waals surface area contributed by atoms with Gasteiger partial charge in [0.15, 0.2) is 17.3 Å². The Hall–Kier alpha value is -3.16. The molecule has 2 N–H and O–H groups in total. The predicted octanol–water partition coefficient (Wildman–Crippen LogP) is 2.11. The van der Waals surface area contributed by atoms with Crippen molar-refractivity contribution in [1.82, 2.24) is 20.5 Å². The first kappa shape index (κ1) is 21.1. The molecule has 150 valence electrons. The van der Waals surface area contributed by atoms with E-state index in [2.05, 4.69) is 27.1 Å². The summed E-state index contributed by atoms with van der Waals surface area (Å²) in [5.74, 6) is 1.64. The number of carbonyl (C=O) groups is 1. The van der Waals surface area contributed by atoms with Gasteiger partial charge in [0, 0.05) is 24.9 Å². The molecule has 1 heterocycles. The minimum Gasteiger partial charge on any atom is -0.493 e. The molecule has 0 aliphatic heterocycles. The van der Waals surface area contributed by atoms with Gasteiger partial charge in [0.25, 0.3) is 5.56 Å². The van der Waals surface area contributed by atoms with E-state index in [4.69, 9.17) is 9.47 Å². The Morgan fingerprint density at radius 3 is 2.75 bits per heavy atom. The van der Waals surface area contributed by atoms with Gasteiger partial charge in [0.05, 0.1) is 7.11 Å². The van der Waals surface area contributed by atoms with Crippen LogP contribution in [0.25, 0.3) is 11.4 Å². The number of ether oxygens (including phenoxy) is 2. The van der Waals surface area contributed by atoms with Gasteiger partial charge in [-0.05, 0) is 24.1 Å². The van der Waals surface area contributed by atoms with Crippen molar-refractivity contribution >= 4 is 5.91 Å². The topological polar surface area (TPSA) is 106 Å². The van der Waals surface area contributed by atoms with Gasteiger partial charge in [-0.15, -0.1) is 10.2 Å². The highest BCUT2D eigenvalue weighted by molar-refractivity contribution is 5.76. The lowest BCUT2D eigenvalue weighted by atomic mass is 10.2. The van der Waals surface area contributed by atoms with Gasteiger partial charge >= 0.3 is 0 Å². The summed E-state index contributed by atoms with van der Waals surface area (Å²) in [6.45, 7) is 8.60. The van der Waals surface area contributed by atoms with Gasteiger partial charge in [0.1, 0.15) is 12.3 Å². The minimum absolute atomic E-state index is 0.112. The van der Waals surface area contributed by atoms with Crippen molar-refractivity contribution in [2.75, 3.05) is 20.3 Å². The third-order valence-corrected chi connectivity index (χ3v) is 3.85. The van der Waals surface area contributed by atoms with Crippen LogP contribution in [-0.4, -0.2) is 41.3 Å². The number of benzene rings is 1. The van der Waals surface area contributed by atoms with E-state index in [1.165, 1.54) is 7.11 Å². The van der Waals surface area contributed by atoms with Gasteiger partial charge in [-0.25, -0.2) is 0 Å². The number of carbonyl (C=O) groups excluding carboxylic acids is 1. The molecule has 8 nitrogen and oxygen atoms in total. The quantitative estimate of drug-likeness (QED) is 0.606. The lowest BCUT2D eigenvalue weighted by Gasteiger charge is -2.10. The van der Waals surface area contributed by atoms with E-state index in [9.17, 15) is 9.59 Å². The molecule has 1 aromatic carbocycles. The largest absolute Gasteiger partial charge is 0.493 e. The number of amides is 1. The summed E-state index contributed by atoms with van der Waals surface area (Å²) in [6, 6.07) is 5.18. The molecule has 0 fully saturated rings. The fourth-order valence-corrected chi connectivity index (χ4v) is 2.38. The Morgan fingerprint density at radius 1 is 1.32 bits per heavy atom. The Labute approximate surface area is 164 Å². The fraction of sp³-hybridized carbons (Fsp3) is 0.400. The molecule has 0 aliphatic rings. The molecule has 2 rings (SSSR count). The van der Waals surface area contributed by atoms with Crippen LogP contribution < -0.4 is 20.3 Å². The smallest absolute Gasteiger partial charge is 0.273 e. The van der Waals surface area contributed by atoms with Crippen molar-refractivity contribution in [2.24, 2.45) is 5.92 Å². The van der Waals surface area contributed by atoms with Crippen LogP contribution >= 0.6 is 0 Å². The van der Waals surface area contributed by atoms with Crippen molar-refractivity contribution in [1.29, 1.82) is 0 Å². The summed E-state index contributed by atoms with van der Waals surface area (Å²) in [6.07, 6.45) is 2.05. The standard InChI is InChI=1S/C20H26N4O4/c1-5-10-28-16-8-6-14(11-17(16)27-4)19-22-20(26)15(23-24-19)7-9-18(25)21-12-13(2)3/h5-6,8,11,13H,1,7,9-10,12H2,2-4H3,(H,21,25)(H,22,24,26). The summed E-state index contributed by atoms with van der Waals surface area (Å²) in [4.78, 5) is 26.8. The maximum absolute atomic E-state index is 12.3. The summed E-state index contributed by atoms with van der Waals surface area (Å²) in [5, 5.41) is 10.9. The van der Waals surface area contributed by atoms with E-state index < -0.39 is 0 Å². The Morgan fingerprint density at radius 2 is 2.11 bits per heavy atom. The highest BCUT2D eigenvalue weighted by Crippen LogP contribution is 2.31. The Balaban J connectivity index is 2.10. The van der Waals surface area contributed by atoms with Crippen molar-refractivity contribution in [3.8, 4) is 22.9 Å². The number of hydrogen-bond acceptors (Lipinski definition) is 6. The summed E-state index contributed by atoms with van der Waals surface area (Å²) in [7, 11) is 1.53. The molecular formula is C20H26N4O4. The number of hydrogen-bond donors (Lipinski definition) is 2. The van der Waals surface area contributed by atoms with E-state index in [-0.39, 0.29) is 30.0 Å². The Bertz CT molecular complexity index is 877. The molecule has 0 unspecified atom stereocenters. The first-order valence-corrected chi connectivity index (χ1v) is 9.09. The van der Waals surface area contributed by atoms with Crippen LogP contribution in [0.15, 0.2) is 35.6 Å². The van der Waals surface area contributed by atoms with E-state index >= 15 is 0 Å². The molecule has 0 atom stereocenters. The monoisotopic (exact) mass is 386 g/mol. The minimum atomic E-state index is -0.368. The van der Waals surface area contributed by atoms with E-state index in [1.54, 1.807) is 24.3 Å². The first-order chi connectivity index (χ1) is 13.4. The normalized spacial score (nSPS) is 10.6. The van der Waals surface area contributed by atoms with Crippen molar-refractivity contribution in [3.63, 3.8) is 0 Å². The van der Waals surface area contributed by atoms with Crippen LogP contribution in [0.1, 0.15) is 26.0 Å². The molecule has 0 radical (unpaired) electrons. The predicted molar refractivity (Wildman–Crippen MR) is 107 cm³/mol. The third kappa shape index (κ3) is 5.94. The second kappa shape index (κ2) is 10.2. The molecule has 8 heteroatoms. The molecule has 1 aromatic heterocycles. The maximum Gasteiger partial charge on any atom is 0.273 e. The van der Waals surface area contributed by atoms with Gasteiger partial charge in [0.2, 0.25) is 5.91 Å². The number of H-pyrrole nitrogens is 1. The van der Waals surface area contributed by atoms with Gasteiger partial charge in [-0.2, -0.15) is 0 Å². The van der Waals surface area contributed by atoms with Crippen LogP contribution in [0.5, 0.6) is 11.5 Å². The lowest BCUT2D eigenvalue weighted by molar-refractivity contribution is -0.121. The fourth-order valence-electron chi connectivity index (χ4n) is 2.38. The van der Waals surface area contributed by atoms with E-state index in [0.29, 0.717) is 42.0 Å². The SMILES string of the molecule is C=CCOc1ccc(-c2nnc(CCC(=O)NCC(C)C)c(=O)[nH]2)cc1OC. The van der Waals surface area contributed by atoms with Gasteiger partial charge in [-0.3, -0.25) is 9.59 Å². The van der Waals surface area contributed by atoms with E-state index in [0.717, 1.165) is 0 Å². The molecule has 1 amide bonds. The zero-order valence-electron chi connectivity index (χ0n) is 16.4. The molecule has 28 heavy (non-hydrogen) atoms. The van der Waals surface area contributed by atoms with Crippen molar-refractivity contribution in [2.45, 2.75) is 26.7 Å². The second-order valence-electron chi connectivity index (χ2n) is 6.61. The number of rotatable bonds is 10. The maximum atomic E-state index is 12.3. The van der Waals surface area contributed by atoms with Gasteiger partial charge < -0.3 is 19.8 Å². The summed E-state index contributed by atoms with van der Waals surface area (Å²) >= 11 is 0. The molecule has 0 aliphatic carbocycles. The van der Waals surface area contributed by atoms with Crippen molar-refractivity contribution < 1.29 is 14.3 Å². The molecule has 0 saturated heterocycles. The zero-order valence-corrected chi connectivity index (χ0v) is 16.4. The lowest BCUT2D eigenvalue weighted by Crippen LogP contribution is -2.28. The number of methoxy groups -OCH3 is 1. The highest BCUT2D eigenvalue weighted by atomic mass is 16.5. The summed E-state index contributed by atoms with van der Waals surface area (Å²) < 4.78 is 10.8.